The van der Waals surface area contributed by atoms with Gasteiger partial charge in [0.15, 0.2) is 0 Å². The van der Waals surface area contributed by atoms with Crippen molar-refractivity contribution in [1.29, 1.82) is 0 Å². The summed E-state index contributed by atoms with van der Waals surface area (Å²) in [4.78, 5) is 10.2. The molecule has 0 aromatic heterocycles. The number of hydrogen-bond acceptors (Lipinski definition) is 3. The molecule has 0 unspecified atom stereocenters. The lowest BCUT2D eigenvalue weighted by Gasteiger charge is -2.04. The second kappa shape index (κ2) is 4.41. The largest absolute Gasteiger partial charge is 0.376 e. The molecule has 0 aliphatic carbocycles. The van der Waals surface area contributed by atoms with Gasteiger partial charge in [-0.15, -0.1) is 6.58 Å². The Labute approximate surface area is 82.4 Å². The summed E-state index contributed by atoms with van der Waals surface area (Å²) in [6.45, 7) is 5.95. The van der Waals surface area contributed by atoms with Crippen molar-refractivity contribution in [3.8, 4) is 0 Å². The minimum Gasteiger partial charge on any atom is -0.376 e. The van der Waals surface area contributed by atoms with Gasteiger partial charge in [0.25, 0.3) is 5.69 Å². The number of aryl methyl sites for hydroxylation is 1. The van der Waals surface area contributed by atoms with E-state index in [1.807, 2.05) is 6.92 Å². The Morgan fingerprint density at radius 1 is 1.64 bits per heavy atom. The third-order valence-electron chi connectivity index (χ3n) is 1.79. The number of benzene rings is 1. The Morgan fingerprint density at radius 3 is 2.93 bits per heavy atom. The van der Waals surface area contributed by atoms with Crippen LogP contribution in [0.5, 0.6) is 0 Å². The number of nitrogens with one attached hydrogen (secondary N) is 1. The molecule has 4 nitrogen and oxygen atoms in total. The normalized spacial score (nSPS) is 9.50. The summed E-state index contributed by atoms with van der Waals surface area (Å²) >= 11 is 0. The second-order valence-electron chi connectivity index (χ2n) is 2.95. The van der Waals surface area contributed by atoms with Crippen molar-refractivity contribution in [2.45, 2.75) is 6.92 Å². The maximum Gasteiger partial charge on any atom is 0.292 e. The number of nitro benzene ring substituents is 1. The van der Waals surface area contributed by atoms with Crippen molar-refractivity contribution in [3.05, 3.63) is 46.5 Å². The van der Waals surface area contributed by atoms with Gasteiger partial charge < -0.3 is 5.32 Å². The van der Waals surface area contributed by atoms with Crippen LogP contribution in [-0.2, 0) is 0 Å². The van der Waals surface area contributed by atoms with Crippen LogP contribution in [-0.4, -0.2) is 11.5 Å². The summed E-state index contributed by atoms with van der Waals surface area (Å²) in [5.74, 6) is 0. The molecule has 0 radical (unpaired) electrons. The van der Waals surface area contributed by atoms with Crippen molar-refractivity contribution in [1.82, 2.24) is 0 Å². The topological polar surface area (TPSA) is 55.2 Å². The first-order valence-corrected chi connectivity index (χ1v) is 4.25. The first-order chi connectivity index (χ1) is 6.65. The van der Waals surface area contributed by atoms with E-state index in [4.69, 9.17) is 0 Å². The highest BCUT2D eigenvalue weighted by molar-refractivity contribution is 5.62. The molecule has 1 N–H and O–H groups in total. The maximum atomic E-state index is 10.6. The van der Waals surface area contributed by atoms with E-state index in [2.05, 4.69) is 11.9 Å². The zero-order valence-electron chi connectivity index (χ0n) is 7.99. The van der Waals surface area contributed by atoms with Crippen LogP contribution in [0.3, 0.4) is 0 Å². The molecule has 0 atom stereocenters. The van der Waals surface area contributed by atoms with Gasteiger partial charge in [-0.2, -0.15) is 0 Å². The number of nitro groups is 1. The second-order valence-corrected chi connectivity index (χ2v) is 2.95. The summed E-state index contributed by atoms with van der Waals surface area (Å²) in [5.41, 5.74) is 1.62. The van der Waals surface area contributed by atoms with E-state index in [9.17, 15) is 10.1 Å². The van der Waals surface area contributed by atoms with Gasteiger partial charge in [0.05, 0.1) is 4.92 Å². The summed E-state index contributed by atoms with van der Waals surface area (Å²) in [6.07, 6.45) is 1.66. The first kappa shape index (κ1) is 10.2. The Bertz CT molecular complexity index is 361. The maximum absolute atomic E-state index is 10.6. The summed E-state index contributed by atoms with van der Waals surface area (Å²) < 4.78 is 0. The minimum absolute atomic E-state index is 0.0949. The van der Waals surface area contributed by atoms with Crippen LogP contribution >= 0.6 is 0 Å². The molecule has 1 rings (SSSR count). The lowest BCUT2D eigenvalue weighted by Crippen LogP contribution is -2.02. The molecule has 1 aromatic carbocycles. The minimum atomic E-state index is -0.398. The van der Waals surface area contributed by atoms with Crippen LogP contribution in [0.1, 0.15) is 5.56 Å². The van der Waals surface area contributed by atoms with E-state index >= 15 is 0 Å². The van der Waals surface area contributed by atoms with E-state index in [1.165, 1.54) is 6.07 Å². The van der Waals surface area contributed by atoms with Gasteiger partial charge in [-0.25, -0.2) is 0 Å². The molecule has 0 spiro atoms. The standard InChI is InChI=1S/C10H12N2O2/c1-3-6-11-9-7-8(2)4-5-10(9)12(13)14/h3-5,7,11H,1,6H2,2H3. The molecule has 0 fully saturated rings. The van der Waals surface area contributed by atoms with Crippen LogP contribution in [0, 0.1) is 17.0 Å². The molecular weight excluding hydrogens is 180 g/mol. The predicted octanol–water partition coefficient (Wildman–Crippen LogP) is 2.50. The van der Waals surface area contributed by atoms with Gasteiger partial charge >= 0.3 is 0 Å². The van der Waals surface area contributed by atoms with E-state index in [0.717, 1.165) is 5.56 Å². The molecule has 0 bridgehead atoms. The smallest absolute Gasteiger partial charge is 0.292 e. The highest BCUT2D eigenvalue weighted by Crippen LogP contribution is 2.24. The molecule has 0 heterocycles. The van der Waals surface area contributed by atoms with Gasteiger partial charge in [0.2, 0.25) is 0 Å². The molecule has 0 saturated heterocycles. The molecule has 0 amide bonds. The van der Waals surface area contributed by atoms with Gasteiger partial charge in [-0.3, -0.25) is 10.1 Å². The zero-order valence-corrected chi connectivity index (χ0v) is 7.99. The average molecular weight is 192 g/mol. The first-order valence-electron chi connectivity index (χ1n) is 4.25. The fourth-order valence-corrected chi connectivity index (χ4v) is 1.13. The Balaban J connectivity index is 3.02. The Kier molecular flexibility index (Phi) is 3.23. The van der Waals surface area contributed by atoms with Crippen molar-refractivity contribution in [3.63, 3.8) is 0 Å². The summed E-state index contributed by atoms with van der Waals surface area (Å²) in [6, 6.07) is 4.97. The number of rotatable bonds is 4. The fourth-order valence-electron chi connectivity index (χ4n) is 1.13. The SMILES string of the molecule is C=CCNc1cc(C)ccc1[N+](=O)[O-]. The van der Waals surface area contributed by atoms with E-state index in [1.54, 1.807) is 18.2 Å². The van der Waals surface area contributed by atoms with Crippen LogP contribution in [0.2, 0.25) is 0 Å². The van der Waals surface area contributed by atoms with Crippen LogP contribution in [0.25, 0.3) is 0 Å². The summed E-state index contributed by atoms with van der Waals surface area (Å²) in [5, 5.41) is 13.6. The molecule has 0 aliphatic rings. The van der Waals surface area contributed by atoms with Crippen LogP contribution in [0.4, 0.5) is 11.4 Å². The number of hydrogen-bond donors (Lipinski definition) is 1. The van der Waals surface area contributed by atoms with Crippen molar-refractivity contribution >= 4 is 11.4 Å². The lowest BCUT2D eigenvalue weighted by molar-refractivity contribution is -0.384. The van der Waals surface area contributed by atoms with Crippen molar-refractivity contribution in [2.24, 2.45) is 0 Å². The lowest BCUT2D eigenvalue weighted by atomic mass is 10.2. The molecule has 74 valence electrons. The third kappa shape index (κ3) is 2.32. The number of nitrogens with zero attached hydrogens (tertiary/aromatic N) is 1. The Hall–Kier alpha value is -1.84. The van der Waals surface area contributed by atoms with Gasteiger partial charge in [0.1, 0.15) is 5.69 Å². The van der Waals surface area contributed by atoms with E-state index < -0.39 is 4.92 Å². The molecule has 14 heavy (non-hydrogen) atoms. The van der Waals surface area contributed by atoms with E-state index in [-0.39, 0.29) is 5.69 Å². The molecule has 0 saturated carbocycles. The van der Waals surface area contributed by atoms with Crippen molar-refractivity contribution < 1.29 is 4.92 Å². The monoisotopic (exact) mass is 192 g/mol. The van der Waals surface area contributed by atoms with Gasteiger partial charge in [0, 0.05) is 12.6 Å². The van der Waals surface area contributed by atoms with E-state index in [0.29, 0.717) is 12.2 Å². The third-order valence-corrected chi connectivity index (χ3v) is 1.79. The molecule has 4 heteroatoms. The van der Waals surface area contributed by atoms with Crippen LogP contribution < -0.4 is 5.32 Å². The summed E-state index contributed by atoms with van der Waals surface area (Å²) in [7, 11) is 0. The number of anilines is 1. The highest BCUT2D eigenvalue weighted by atomic mass is 16.6. The molecule has 0 aliphatic heterocycles. The van der Waals surface area contributed by atoms with Gasteiger partial charge in [-0.1, -0.05) is 12.1 Å². The zero-order chi connectivity index (χ0) is 10.6. The van der Waals surface area contributed by atoms with Gasteiger partial charge in [-0.05, 0) is 18.6 Å². The predicted molar refractivity (Wildman–Crippen MR) is 56.5 cm³/mol. The molecule has 1 aromatic rings. The highest BCUT2D eigenvalue weighted by Gasteiger charge is 2.11. The quantitative estimate of drug-likeness (QED) is 0.453. The van der Waals surface area contributed by atoms with Crippen molar-refractivity contribution in [2.75, 3.05) is 11.9 Å². The fraction of sp³-hybridized carbons (Fsp3) is 0.200. The Morgan fingerprint density at radius 2 is 2.36 bits per heavy atom. The average Bonchev–Trinajstić information content (AvgIpc) is 2.14. The van der Waals surface area contributed by atoms with Crippen LogP contribution in [0.15, 0.2) is 30.9 Å². The molecular formula is C10H12N2O2.